The number of nitrogens with two attached hydrogens (primary N) is 1. The highest BCUT2D eigenvalue weighted by Gasteiger charge is 2.58. The van der Waals surface area contributed by atoms with Gasteiger partial charge in [0.2, 0.25) is 0 Å². The first kappa shape index (κ1) is 22.8. The van der Waals surface area contributed by atoms with E-state index < -0.39 is 5.54 Å². The van der Waals surface area contributed by atoms with Crippen LogP contribution in [0, 0.1) is 29.1 Å². The van der Waals surface area contributed by atoms with Crippen LogP contribution in [0.5, 0.6) is 0 Å². The number of aliphatic imine (C=N–C) groups is 1. The van der Waals surface area contributed by atoms with Gasteiger partial charge in [-0.05, 0) is 60.8 Å². The van der Waals surface area contributed by atoms with Crippen LogP contribution in [-0.2, 0) is 26.2 Å². The second kappa shape index (κ2) is 8.84. The smallest absolute Gasteiger partial charge is 0.262 e. The van der Waals surface area contributed by atoms with Crippen molar-refractivity contribution in [2.45, 2.75) is 64.2 Å². The van der Waals surface area contributed by atoms with Crippen LogP contribution >= 0.6 is 0 Å². The molecule has 1 spiro atoms. The van der Waals surface area contributed by atoms with Gasteiger partial charge in [0, 0.05) is 19.6 Å². The topological polar surface area (TPSA) is 101 Å². The molecule has 5 atom stereocenters. The Balaban J connectivity index is 1.71. The molecule has 0 aromatic heterocycles. The predicted octanol–water partition coefficient (Wildman–Crippen LogP) is 2.96. The first-order valence-corrected chi connectivity index (χ1v) is 11.7. The molecule has 0 radical (unpaired) electrons. The Morgan fingerprint density at radius 1 is 1.41 bits per heavy atom. The molecule has 2 aliphatic heterocycles. The summed E-state index contributed by atoms with van der Waals surface area (Å²) in [6.45, 7) is 7.64. The van der Waals surface area contributed by atoms with Gasteiger partial charge in [0.05, 0.1) is 30.4 Å². The van der Waals surface area contributed by atoms with Crippen molar-refractivity contribution in [2.75, 3.05) is 20.3 Å². The molecule has 172 valence electrons. The lowest BCUT2D eigenvalue weighted by molar-refractivity contribution is -0.134. The van der Waals surface area contributed by atoms with Crippen LogP contribution in [0.2, 0.25) is 0 Å². The van der Waals surface area contributed by atoms with E-state index in [1.165, 1.54) is 0 Å². The maximum atomic E-state index is 14.0. The van der Waals surface area contributed by atoms with E-state index in [1.807, 2.05) is 18.2 Å². The fourth-order valence-electron chi connectivity index (χ4n) is 6.02. The number of hydrogen-bond acceptors (Lipinski definition) is 6. The van der Waals surface area contributed by atoms with Crippen LogP contribution in [0.4, 0.5) is 0 Å². The van der Waals surface area contributed by atoms with Gasteiger partial charge in [-0.15, -0.1) is 0 Å². The lowest BCUT2D eigenvalue weighted by Crippen LogP contribution is -2.48. The number of amides is 1. The predicted molar refractivity (Wildman–Crippen MR) is 122 cm³/mol. The number of rotatable bonds is 7. The second-order valence-electron chi connectivity index (χ2n) is 9.83. The number of benzene rings is 1. The lowest BCUT2D eigenvalue weighted by Gasteiger charge is -2.34. The molecule has 2 heterocycles. The third-order valence-electron chi connectivity index (χ3n) is 7.40. The zero-order valence-corrected chi connectivity index (χ0v) is 19.5. The molecule has 1 amide bonds. The first-order valence-electron chi connectivity index (χ1n) is 11.7. The Hall–Kier alpha value is -2.43. The van der Waals surface area contributed by atoms with Gasteiger partial charge in [0.15, 0.2) is 11.5 Å². The highest BCUT2D eigenvalue weighted by atomic mass is 16.5. The fraction of sp³-hybridized carbons (Fsp3) is 0.640. The van der Waals surface area contributed by atoms with Gasteiger partial charge in [-0.1, -0.05) is 26.8 Å². The summed E-state index contributed by atoms with van der Waals surface area (Å²) in [6, 6.07) is 7.84. The minimum absolute atomic E-state index is 0.00893. The van der Waals surface area contributed by atoms with Crippen LogP contribution in [0.25, 0.3) is 0 Å². The van der Waals surface area contributed by atoms with Crippen molar-refractivity contribution < 1.29 is 14.3 Å². The number of methoxy groups -OCH3 is 1. The van der Waals surface area contributed by atoms with E-state index >= 15 is 0 Å². The Kier molecular flexibility index (Phi) is 6.28. The van der Waals surface area contributed by atoms with E-state index in [9.17, 15) is 10.1 Å². The number of carbonyl (C=O) groups is 1. The molecular weight excluding hydrogens is 404 g/mol. The lowest BCUT2D eigenvalue weighted by atomic mass is 9.76. The summed E-state index contributed by atoms with van der Waals surface area (Å²) < 4.78 is 11.6. The second-order valence-corrected chi connectivity index (χ2v) is 9.83. The van der Waals surface area contributed by atoms with Crippen LogP contribution in [0.3, 0.4) is 0 Å². The summed E-state index contributed by atoms with van der Waals surface area (Å²) in [7, 11) is 1.75. The number of nitrogens with zero attached hydrogens (tertiary/aromatic N) is 3. The number of fused-ring (bicyclic) bond motifs is 2. The molecule has 0 bridgehead atoms. The molecule has 1 aliphatic carbocycles. The SMILES string of the molecule is CO[C@@H](C(C)C)[C@@H](C)C[C@H]1Cc2ccc(C#N)cc2[C@]12N=C(N)N(C[C@@H]1CCCO1)C2=O. The van der Waals surface area contributed by atoms with Gasteiger partial charge in [-0.25, -0.2) is 4.99 Å². The molecule has 32 heavy (non-hydrogen) atoms. The van der Waals surface area contributed by atoms with Crippen molar-refractivity contribution in [1.29, 1.82) is 5.26 Å². The molecule has 2 N–H and O–H groups in total. The number of ether oxygens (including phenoxy) is 2. The van der Waals surface area contributed by atoms with E-state index in [1.54, 1.807) is 12.0 Å². The zero-order chi connectivity index (χ0) is 23.0. The maximum Gasteiger partial charge on any atom is 0.262 e. The summed E-state index contributed by atoms with van der Waals surface area (Å²) >= 11 is 0. The van der Waals surface area contributed by atoms with Crippen LogP contribution < -0.4 is 5.73 Å². The average Bonchev–Trinajstić information content (AvgIpc) is 3.44. The third kappa shape index (κ3) is 3.70. The monoisotopic (exact) mass is 438 g/mol. The number of nitriles is 1. The van der Waals surface area contributed by atoms with Gasteiger partial charge in [-0.2, -0.15) is 5.26 Å². The normalized spacial score (nSPS) is 28.8. The van der Waals surface area contributed by atoms with E-state index in [4.69, 9.17) is 20.2 Å². The molecule has 0 unspecified atom stereocenters. The van der Waals surface area contributed by atoms with Crippen molar-refractivity contribution in [3.8, 4) is 6.07 Å². The van der Waals surface area contributed by atoms with E-state index in [2.05, 4.69) is 26.8 Å². The summed E-state index contributed by atoms with van der Waals surface area (Å²) in [4.78, 5) is 20.5. The highest BCUT2D eigenvalue weighted by molar-refractivity contribution is 6.08. The highest BCUT2D eigenvalue weighted by Crippen LogP contribution is 2.51. The molecule has 0 saturated carbocycles. The van der Waals surface area contributed by atoms with Gasteiger partial charge in [0.1, 0.15) is 0 Å². The standard InChI is InChI=1S/C25H34N4O3/c1-15(2)22(31-4)16(3)10-19-12-18-8-7-17(13-26)11-21(18)25(19)23(30)29(24(27)28-25)14-20-6-5-9-32-20/h7-8,11,15-16,19-20,22H,5-6,9-10,12,14H2,1-4H3,(H2,27,28)/t16-,19-,20-,22-,25+/m0/s1. The summed E-state index contributed by atoms with van der Waals surface area (Å²) in [5, 5.41) is 9.50. The summed E-state index contributed by atoms with van der Waals surface area (Å²) in [6.07, 6.45) is 3.51. The number of guanidine groups is 1. The summed E-state index contributed by atoms with van der Waals surface area (Å²) in [5.41, 5.74) is 7.73. The Bertz CT molecular complexity index is 947. The minimum atomic E-state index is -1.07. The van der Waals surface area contributed by atoms with E-state index in [-0.39, 0.29) is 35.9 Å². The van der Waals surface area contributed by atoms with E-state index in [0.717, 1.165) is 43.4 Å². The van der Waals surface area contributed by atoms with Gasteiger partial charge in [0.25, 0.3) is 5.91 Å². The van der Waals surface area contributed by atoms with Crippen molar-refractivity contribution in [1.82, 2.24) is 4.90 Å². The third-order valence-corrected chi connectivity index (χ3v) is 7.40. The van der Waals surface area contributed by atoms with Crippen LogP contribution in [-0.4, -0.2) is 49.2 Å². The Morgan fingerprint density at radius 3 is 2.81 bits per heavy atom. The molecule has 4 rings (SSSR count). The molecular formula is C25H34N4O3. The largest absolute Gasteiger partial charge is 0.381 e. The molecule has 1 aromatic carbocycles. The molecule has 7 nitrogen and oxygen atoms in total. The Morgan fingerprint density at radius 2 is 2.19 bits per heavy atom. The van der Waals surface area contributed by atoms with Crippen molar-refractivity contribution in [3.63, 3.8) is 0 Å². The van der Waals surface area contributed by atoms with Crippen LogP contribution in [0.15, 0.2) is 23.2 Å². The number of hydrogen-bond donors (Lipinski definition) is 1. The molecule has 7 heteroatoms. The summed E-state index contributed by atoms with van der Waals surface area (Å²) in [5.74, 6) is 0.728. The number of carbonyl (C=O) groups excluding carboxylic acids is 1. The van der Waals surface area contributed by atoms with E-state index in [0.29, 0.717) is 18.0 Å². The minimum Gasteiger partial charge on any atom is -0.381 e. The quantitative estimate of drug-likeness (QED) is 0.705. The zero-order valence-electron chi connectivity index (χ0n) is 19.5. The molecule has 1 aromatic rings. The first-order chi connectivity index (χ1) is 15.3. The van der Waals surface area contributed by atoms with Crippen LogP contribution in [0.1, 0.15) is 56.7 Å². The van der Waals surface area contributed by atoms with Gasteiger partial charge in [-0.3, -0.25) is 9.69 Å². The molecule has 3 aliphatic rings. The van der Waals surface area contributed by atoms with Crippen molar-refractivity contribution in [3.05, 3.63) is 34.9 Å². The average molecular weight is 439 g/mol. The maximum absolute atomic E-state index is 14.0. The molecule has 1 fully saturated rings. The molecule has 1 saturated heterocycles. The van der Waals surface area contributed by atoms with Crippen molar-refractivity contribution in [2.24, 2.45) is 28.5 Å². The van der Waals surface area contributed by atoms with Gasteiger partial charge < -0.3 is 15.2 Å². The van der Waals surface area contributed by atoms with Gasteiger partial charge >= 0.3 is 0 Å². The Labute approximate surface area is 190 Å². The van der Waals surface area contributed by atoms with Crippen molar-refractivity contribution >= 4 is 11.9 Å². The fourth-order valence-corrected chi connectivity index (χ4v) is 6.02.